The molecular weight excluding hydrogens is 494 g/mol. The van der Waals surface area contributed by atoms with Gasteiger partial charge in [0.2, 0.25) is 0 Å². The number of anilines is 1. The van der Waals surface area contributed by atoms with E-state index in [1.54, 1.807) is 23.0 Å². The van der Waals surface area contributed by atoms with Crippen molar-refractivity contribution >= 4 is 39.3 Å². The van der Waals surface area contributed by atoms with Crippen molar-refractivity contribution in [2.75, 3.05) is 5.32 Å². The number of nitrogens with one attached hydrogen (secondary N) is 1. The first-order chi connectivity index (χ1) is 15.4. The number of hydrogen-bond donors (Lipinski definition) is 1. The van der Waals surface area contributed by atoms with Gasteiger partial charge >= 0.3 is 0 Å². The van der Waals surface area contributed by atoms with E-state index in [1.807, 2.05) is 50.2 Å². The van der Waals surface area contributed by atoms with Crippen LogP contribution < -0.4 is 10.1 Å². The Balaban J connectivity index is 1.37. The van der Waals surface area contributed by atoms with Crippen LogP contribution in [-0.4, -0.2) is 15.7 Å². The molecule has 8 heteroatoms. The Morgan fingerprint density at radius 2 is 1.84 bits per heavy atom. The summed E-state index contributed by atoms with van der Waals surface area (Å²) in [6.07, 6.45) is 1.80. The smallest absolute Gasteiger partial charge is 0.292 e. The highest BCUT2D eigenvalue weighted by Gasteiger charge is 2.16. The number of hydrogen-bond acceptors (Lipinski definition) is 4. The highest BCUT2D eigenvalue weighted by molar-refractivity contribution is 9.10. The maximum Gasteiger partial charge on any atom is 0.292 e. The van der Waals surface area contributed by atoms with Crippen molar-refractivity contribution in [3.8, 4) is 5.75 Å². The molecule has 0 unspecified atom stereocenters. The molecule has 6 nitrogen and oxygen atoms in total. The van der Waals surface area contributed by atoms with E-state index < -0.39 is 0 Å². The molecule has 4 rings (SSSR count). The number of aryl methyl sites for hydroxylation is 2. The number of carbonyl (C=O) groups excluding carboxylic acids is 1. The van der Waals surface area contributed by atoms with Gasteiger partial charge in [-0.3, -0.25) is 9.48 Å². The highest BCUT2D eigenvalue weighted by Crippen LogP contribution is 2.23. The van der Waals surface area contributed by atoms with Gasteiger partial charge in [0.25, 0.3) is 5.91 Å². The van der Waals surface area contributed by atoms with E-state index in [9.17, 15) is 4.79 Å². The molecule has 164 valence electrons. The number of halogens is 2. The van der Waals surface area contributed by atoms with Crippen LogP contribution in [0.2, 0.25) is 5.02 Å². The van der Waals surface area contributed by atoms with Crippen LogP contribution in [0.15, 0.2) is 69.7 Å². The third-order valence-corrected chi connectivity index (χ3v) is 5.50. The lowest BCUT2D eigenvalue weighted by atomic mass is 10.1. The summed E-state index contributed by atoms with van der Waals surface area (Å²) >= 11 is 9.37. The first-order valence-electron chi connectivity index (χ1n) is 9.94. The van der Waals surface area contributed by atoms with Crippen LogP contribution in [0.5, 0.6) is 5.75 Å². The lowest BCUT2D eigenvalue weighted by Crippen LogP contribution is -2.12. The van der Waals surface area contributed by atoms with Gasteiger partial charge in [0, 0.05) is 11.2 Å². The van der Waals surface area contributed by atoms with Gasteiger partial charge in [-0.05, 0) is 82.9 Å². The number of ether oxygens (including phenoxy) is 1. The van der Waals surface area contributed by atoms with Gasteiger partial charge in [0.05, 0.1) is 11.0 Å². The predicted octanol–water partition coefficient (Wildman–Crippen LogP) is 6.39. The Labute approximate surface area is 199 Å². The van der Waals surface area contributed by atoms with Crippen molar-refractivity contribution in [3.63, 3.8) is 0 Å². The number of carbonyl (C=O) groups is 1. The first-order valence-corrected chi connectivity index (χ1v) is 11.1. The van der Waals surface area contributed by atoms with E-state index in [0.29, 0.717) is 27.6 Å². The molecule has 0 fully saturated rings. The van der Waals surface area contributed by atoms with Crippen LogP contribution in [0.3, 0.4) is 0 Å². The molecule has 4 aromatic rings. The fourth-order valence-electron chi connectivity index (χ4n) is 3.26. The van der Waals surface area contributed by atoms with Gasteiger partial charge in [-0.15, -0.1) is 0 Å². The SMILES string of the molecule is Cc1cc(C)cc(OCc2ccc(C(=O)Nc3nn(Cc4ccc(Cl)cc4)cc3Br)o2)c1. The molecule has 0 saturated heterocycles. The first kappa shape index (κ1) is 22.2. The molecular formula is C24H21BrClN3O3. The molecule has 0 aliphatic carbocycles. The van der Waals surface area contributed by atoms with Crippen LogP contribution in [-0.2, 0) is 13.2 Å². The average molecular weight is 515 g/mol. The van der Waals surface area contributed by atoms with Crippen molar-refractivity contribution < 1.29 is 13.9 Å². The van der Waals surface area contributed by atoms with Crippen LogP contribution in [0, 0.1) is 13.8 Å². The minimum absolute atomic E-state index is 0.183. The number of amides is 1. The Kier molecular flexibility index (Phi) is 6.67. The Hall–Kier alpha value is -3.03. The third kappa shape index (κ3) is 5.60. The van der Waals surface area contributed by atoms with Crippen LogP contribution >= 0.6 is 27.5 Å². The number of nitrogens with zero attached hydrogens (tertiary/aromatic N) is 2. The topological polar surface area (TPSA) is 69.3 Å². The quantitative estimate of drug-likeness (QED) is 0.310. The van der Waals surface area contributed by atoms with Crippen molar-refractivity contribution in [2.24, 2.45) is 0 Å². The summed E-state index contributed by atoms with van der Waals surface area (Å²) in [6, 6.07) is 16.9. The van der Waals surface area contributed by atoms with Crippen molar-refractivity contribution in [1.29, 1.82) is 0 Å². The average Bonchev–Trinajstić information content (AvgIpc) is 3.34. The summed E-state index contributed by atoms with van der Waals surface area (Å²) in [7, 11) is 0. The second kappa shape index (κ2) is 9.63. The van der Waals surface area contributed by atoms with Crippen molar-refractivity contribution in [1.82, 2.24) is 9.78 Å². The fourth-order valence-corrected chi connectivity index (χ4v) is 3.80. The van der Waals surface area contributed by atoms with E-state index in [-0.39, 0.29) is 18.3 Å². The second-order valence-electron chi connectivity index (χ2n) is 7.48. The minimum atomic E-state index is -0.389. The summed E-state index contributed by atoms with van der Waals surface area (Å²) in [5.74, 6) is 1.53. The van der Waals surface area contributed by atoms with Crippen molar-refractivity contribution in [2.45, 2.75) is 27.0 Å². The summed E-state index contributed by atoms with van der Waals surface area (Å²) < 4.78 is 13.8. The molecule has 0 aliphatic rings. The molecule has 0 atom stereocenters. The van der Waals surface area contributed by atoms with Gasteiger partial charge in [-0.25, -0.2) is 0 Å². The second-order valence-corrected chi connectivity index (χ2v) is 8.77. The van der Waals surface area contributed by atoms with Gasteiger partial charge in [0.1, 0.15) is 18.1 Å². The zero-order valence-electron chi connectivity index (χ0n) is 17.6. The van der Waals surface area contributed by atoms with E-state index in [4.69, 9.17) is 20.8 Å². The molecule has 0 aliphatic heterocycles. The number of benzene rings is 2. The maximum atomic E-state index is 12.6. The molecule has 0 radical (unpaired) electrons. The van der Waals surface area contributed by atoms with E-state index in [2.05, 4.69) is 32.4 Å². The molecule has 1 amide bonds. The maximum absolute atomic E-state index is 12.6. The van der Waals surface area contributed by atoms with Crippen molar-refractivity contribution in [3.05, 3.63) is 98.5 Å². The standard InChI is InChI=1S/C24H21BrClN3O3/c1-15-9-16(2)11-20(10-15)31-14-19-7-8-22(32-19)24(30)27-23-21(25)13-29(28-23)12-17-3-5-18(26)6-4-17/h3-11,13H,12,14H2,1-2H3,(H,27,28,30). The largest absolute Gasteiger partial charge is 0.486 e. The van der Waals surface area contributed by atoms with Crippen LogP contribution in [0.1, 0.15) is 33.0 Å². The monoisotopic (exact) mass is 513 g/mol. The molecule has 32 heavy (non-hydrogen) atoms. The van der Waals surface area contributed by atoms with Gasteiger partial charge < -0.3 is 14.5 Å². The molecule has 2 aromatic carbocycles. The Morgan fingerprint density at radius 1 is 1.12 bits per heavy atom. The Morgan fingerprint density at radius 3 is 2.56 bits per heavy atom. The predicted molar refractivity (Wildman–Crippen MR) is 127 cm³/mol. The molecule has 2 heterocycles. The number of aromatic nitrogens is 2. The number of rotatable bonds is 7. The van der Waals surface area contributed by atoms with Gasteiger partial charge in [-0.2, -0.15) is 5.10 Å². The van der Waals surface area contributed by atoms with E-state index in [0.717, 1.165) is 22.4 Å². The summed E-state index contributed by atoms with van der Waals surface area (Å²) in [4.78, 5) is 12.6. The lowest BCUT2D eigenvalue weighted by Gasteiger charge is -2.06. The summed E-state index contributed by atoms with van der Waals surface area (Å²) in [6.45, 7) is 4.82. The van der Waals surface area contributed by atoms with Gasteiger partial charge in [-0.1, -0.05) is 29.8 Å². The third-order valence-electron chi connectivity index (χ3n) is 4.67. The Bertz CT molecular complexity index is 1230. The molecule has 0 saturated carbocycles. The van der Waals surface area contributed by atoms with E-state index in [1.165, 1.54) is 0 Å². The molecule has 0 spiro atoms. The van der Waals surface area contributed by atoms with E-state index >= 15 is 0 Å². The lowest BCUT2D eigenvalue weighted by molar-refractivity contribution is 0.0992. The number of furan rings is 1. The molecule has 0 bridgehead atoms. The zero-order valence-corrected chi connectivity index (χ0v) is 19.9. The van der Waals surface area contributed by atoms with Crippen LogP contribution in [0.4, 0.5) is 5.82 Å². The van der Waals surface area contributed by atoms with Crippen LogP contribution in [0.25, 0.3) is 0 Å². The van der Waals surface area contributed by atoms with Gasteiger partial charge in [0.15, 0.2) is 11.6 Å². The zero-order chi connectivity index (χ0) is 22.7. The molecule has 1 N–H and O–H groups in total. The summed E-state index contributed by atoms with van der Waals surface area (Å²) in [5, 5.41) is 7.88. The highest BCUT2D eigenvalue weighted by atomic mass is 79.9. The summed E-state index contributed by atoms with van der Waals surface area (Å²) in [5.41, 5.74) is 3.29. The fraction of sp³-hybridized carbons (Fsp3) is 0.167. The minimum Gasteiger partial charge on any atom is -0.486 e. The normalized spacial score (nSPS) is 10.9. The molecule has 2 aromatic heterocycles.